The number of rotatable bonds is 1. The molecule has 3 heteroatoms. The standard InChI is InChI=1S/C6H7ClN2/c1-8-5-3-2-4-9-6(5)7/h2-4,8H,1H3. The molecule has 1 aromatic rings. The van der Waals surface area contributed by atoms with E-state index in [1.807, 2.05) is 19.2 Å². The number of pyridine rings is 1. The molecule has 9 heavy (non-hydrogen) atoms. The molecule has 1 rings (SSSR count). The first-order chi connectivity index (χ1) is 4.34. The minimum atomic E-state index is 0.514. The third-order valence-electron chi connectivity index (χ3n) is 1.03. The molecule has 0 aliphatic rings. The predicted octanol–water partition coefficient (Wildman–Crippen LogP) is 1.78. The van der Waals surface area contributed by atoms with Crippen LogP contribution in [0.2, 0.25) is 5.15 Å². The Bertz CT molecular complexity index is 200. The Morgan fingerprint density at radius 3 is 2.89 bits per heavy atom. The highest BCUT2D eigenvalue weighted by Crippen LogP contribution is 2.15. The van der Waals surface area contributed by atoms with Crippen molar-refractivity contribution in [3.8, 4) is 0 Å². The summed E-state index contributed by atoms with van der Waals surface area (Å²) >= 11 is 5.65. The van der Waals surface area contributed by atoms with Gasteiger partial charge in [-0.15, -0.1) is 0 Å². The van der Waals surface area contributed by atoms with Crippen molar-refractivity contribution in [3.63, 3.8) is 0 Å². The van der Waals surface area contributed by atoms with Gasteiger partial charge in [0.15, 0.2) is 5.15 Å². The van der Waals surface area contributed by atoms with E-state index in [1.54, 1.807) is 6.20 Å². The molecule has 0 bridgehead atoms. The highest BCUT2D eigenvalue weighted by atomic mass is 35.5. The molecule has 0 unspecified atom stereocenters. The van der Waals surface area contributed by atoms with Gasteiger partial charge in [0.1, 0.15) is 0 Å². The van der Waals surface area contributed by atoms with Crippen molar-refractivity contribution in [1.29, 1.82) is 0 Å². The summed E-state index contributed by atoms with van der Waals surface area (Å²) in [5, 5.41) is 3.41. The Kier molecular flexibility index (Phi) is 1.90. The minimum Gasteiger partial charge on any atom is -0.386 e. The van der Waals surface area contributed by atoms with Gasteiger partial charge in [0.25, 0.3) is 0 Å². The first kappa shape index (κ1) is 6.36. The van der Waals surface area contributed by atoms with Crippen molar-refractivity contribution in [3.05, 3.63) is 23.5 Å². The van der Waals surface area contributed by atoms with E-state index in [2.05, 4.69) is 10.3 Å². The lowest BCUT2D eigenvalue weighted by molar-refractivity contribution is 1.31. The molecule has 0 amide bonds. The third-order valence-corrected chi connectivity index (χ3v) is 1.33. The number of nitrogens with zero attached hydrogens (tertiary/aromatic N) is 1. The zero-order valence-electron chi connectivity index (χ0n) is 5.06. The summed E-state index contributed by atoms with van der Waals surface area (Å²) in [5.41, 5.74) is 0.860. The molecule has 0 aromatic carbocycles. The van der Waals surface area contributed by atoms with Crippen LogP contribution < -0.4 is 5.32 Å². The molecule has 0 saturated heterocycles. The van der Waals surface area contributed by atoms with E-state index in [4.69, 9.17) is 11.6 Å². The fourth-order valence-electron chi connectivity index (χ4n) is 0.573. The van der Waals surface area contributed by atoms with E-state index in [0.29, 0.717) is 5.15 Å². The van der Waals surface area contributed by atoms with E-state index in [9.17, 15) is 0 Å². The first-order valence-corrected chi connectivity index (χ1v) is 3.00. The Morgan fingerprint density at radius 1 is 1.67 bits per heavy atom. The minimum absolute atomic E-state index is 0.514. The highest BCUT2D eigenvalue weighted by molar-refractivity contribution is 6.31. The molecule has 0 aliphatic carbocycles. The summed E-state index contributed by atoms with van der Waals surface area (Å²) < 4.78 is 0. The molecule has 2 nitrogen and oxygen atoms in total. The first-order valence-electron chi connectivity index (χ1n) is 2.63. The van der Waals surface area contributed by atoms with Gasteiger partial charge in [-0.3, -0.25) is 0 Å². The maximum absolute atomic E-state index is 5.65. The van der Waals surface area contributed by atoms with E-state index in [-0.39, 0.29) is 0 Å². The molecule has 0 atom stereocenters. The summed E-state index contributed by atoms with van der Waals surface area (Å²) in [6.07, 6.45) is 1.66. The molecule has 0 radical (unpaired) electrons. The van der Waals surface area contributed by atoms with Crippen molar-refractivity contribution in [2.24, 2.45) is 0 Å². The molecular formula is C6H7ClN2. The van der Waals surface area contributed by atoms with Gasteiger partial charge >= 0.3 is 0 Å². The van der Waals surface area contributed by atoms with Crippen LogP contribution in [0, 0.1) is 0 Å². The topological polar surface area (TPSA) is 24.9 Å². The Labute approximate surface area is 58.9 Å². The van der Waals surface area contributed by atoms with Crippen molar-refractivity contribution in [2.75, 3.05) is 12.4 Å². The summed E-state index contributed by atoms with van der Waals surface area (Å²) in [7, 11) is 1.81. The molecule has 48 valence electrons. The van der Waals surface area contributed by atoms with Crippen LogP contribution in [0.15, 0.2) is 18.3 Å². The summed E-state index contributed by atoms with van der Waals surface area (Å²) in [5.74, 6) is 0. The van der Waals surface area contributed by atoms with Crippen molar-refractivity contribution in [2.45, 2.75) is 0 Å². The van der Waals surface area contributed by atoms with E-state index < -0.39 is 0 Å². The number of nitrogens with one attached hydrogen (secondary N) is 1. The van der Waals surface area contributed by atoms with Crippen LogP contribution in [0.1, 0.15) is 0 Å². The van der Waals surface area contributed by atoms with Crippen LogP contribution >= 0.6 is 11.6 Å². The highest BCUT2D eigenvalue weighted by Gasteiger charge is 1.92. The average molecular weight is 143 g/mol. The molecule has 1 aromatic heterocycles. The molecule has 0 spiro atoms. The number of aromatic nitrogens is 1. The smallest absolute Gasteiger partial charge is 0.152 e. The molecule has 0 aliphatic heterocycles. The van der Waals surface area contributed by atoms with Gasteiger partial charge in [-0.1, -0.05) is 11.6 Å². The van der Waals surface area contributed by atoms with Crippen LogP contribution in [0.3, 0.4) is 0 Å². The van der Waals surface area contributed by atoms with Crippen molar-refractivity contribution < 1.29 is 0 Å². The van der Waals surface area contributed by atoms with Crippen LogP contribution in [0.4, 0.5) is 5.69 Å². The third kappa shape index (κ3) is 1.33. The number of hydrogen-bond donors (Lipinski definition) is 1. The van der Waals surface area contributed by atoms with Gasteiger partial charge in [0.2, 0.25) is 0 Å². The Hall–Kier alpha value is -0.760. The lowest BCUT2D eigenvalue weighted by atomic mass is 10.4. The van der Waals surface area contributed by atoms with Gasteiger partial charge in [-0.2, -0.15) is 0 Å². The zero-order chi connectivity index (χ0) is 6.69. The van der Waals surface area contributed by atoms with Crippen LogP contribution in [-0.4, -0.2) is 12.0 Å². The van der Waals surface area contributed by atoms with E-state index in [0.717, 1.165) is 5.69 Å². The average Bonchev–Trinajstić information content (AvgIpc) is 1.89. The lowest BCUT2D eigenvalue weighted by Crippen LogP contribution is -1.89. The van der Waals surface area contributed by atoms with Gasteiger partial charge in [0, 0.05) is 13.2 Å². The quantitative estimate of drug-likeness (QED) is 0.605. The fourth-order valence-corrected chi connectivity index (χ4v) is 0.786. The summed E-state index contributed by atoms with van der Waals surface area (Å²) in [6, 6.07) is 3.70. The van der Waals surface area contributed by atoms with Gasteiger partial charge in [-0.05, 0) is 12.1 Å². The van der Waals surface area contributed by atoms with Crippen LogP contribution in [0.25, 0.3) is 0 Å². The molecular weight excluding hydrogens is 136 g/mol. The zero-order valence-corrected chi connectivity index (χ0v) is 5.81. The number of anilines is 1. The summed E-state index contributed by atoms with van der Waals surface area (Å²) in [6.45, 7) is 0. The van der Waals surface area contributed by atoms with Crippen LogP contribution in [-0.2, 0) is 0 Å². The van der Waals surface area contributed by atoms with Gasteiger partial charge in [-0.25, -0.2) is 4.98 Å². The van der Waals surface area contributed by atoms with Gasteiger partial charge < -0.3 is 5.32 Å². The summed E-state index contributed by atoms with van der Waals surface area (Å²) in [4.78, 5) is 3.85. The SMILES string of the molecule is CNc1cccnc1Cl. The molecule has 0 fully saturated rings. The lowest BCUT2D eigenvalue weighted by Gasteiger charge is -1.98. The second-order valence-electron chi connectivity index (χ2n) is 1.59. The Morgan fingerprint density at radius 2 is 2.44 bits per heavy atom. The van der Waals surface area contributed by atoms with E-state index >= 15 is 0 Å². The largest absolute Gasteiger partial charge is 0.386 e. The fraction of sp³-hybridized carbons (Fsp3) is 0.167. The molecule has 0 saturated carbocycles. The number of hydrogen-bond acceptors (Lipinski definition) is 2. The maximum atomic E-state index is 5.65. The second kappa shape index (κ2) is 2.69. The van der Waals surface area contributed by atoms with E-state index in [1.165, 1.54) is 0 Å². The predicted molar refractivity (Wildman–Crippen MR) is 38.8 cm³/mol. The monoisotopic (exact) mass is 142 g/mol. The molecule has 1 heterocycles. The van der Waals surface area contributed by atoms with Crippen LogP contribution in [0.5, 0.6) is 0 Å². The van der Waals surface area contributed by atoms with Crippen molar-refractivity contribution in [1.82, 2.24) is 4.98 Å². The Balaban J connectivity index is 3.01. The maximum Gasteiger partial charge on any atom is 0.152 e. The molecule has 1 N–H and O–H groups in total. The van der Waals surface area contributed by atoms with Crippen molar-refractivity contribution >= 4 is 17.3 Å². The van der Waals surface area contributed by atoms with Gasteiger partial charge in [0.05, 0.1) is 5.69 Å². The second-order valence-corrected chi connectivity index (χ2v) is 1.95. The number of halogens is 1. The normalized spacial score (nSPS) is 9.11.